The normalized spacial score (nSPS) is 13.4. The number of carbonyl (C=O) groups excluding carboxylic acids is 1. The zero-order valence-electron chi connectivity index (χ0n) is 27.1. The van der Waals surface area contributed by atoms with Crippen molar-refractivity contribution >= 4 is 64.6 Å². The number of para-hydroxylation sites is 2. The summed E-state index contributed by atoms with van der Waals surface area (Å²) < 4.78 is 0. The molecule has 0 aromatic heterocycles. The van der Waals surface area contributed by atoms with Crippen LogP contribution in [0.2, 0.25) is 5.02 Å². The first kappa shape index (κ1) is 33.1. The number of ketones is 1. The number of halogens is 2. The van der Waals surface area contributed by atoms with E-state index in [-0.39, 0.29) is 18.2 Å². The molecular formula is C43H38Cl2N2O. The van der Waals surface area contributed by atoms with Crippen LogP contribution in [-0.2, 0) is 12.8 Å². The van der Waals surface area contributed by atoms with Crippen LogP contribution in [0.4, 0.5) is 17.1 Å². The summed E-state index contributed by atoms with van der Waals surface area (Å²) in [5.74, 6) is 0.152. The number of benzene rings is 5. The Morgan fingerprint density at radius 2 is 1.58 bits per heavy atom. The molecule has 240 valence electrons. The summed E-state index contributed by atoms with van der Waals surface area (Å²) in [4.78, 5) is 13.8. The highest BCUT2D eigenvalue weighted by atomic mass is 35.5. The zero-order chi connectivity index (χ0) is 32.3. The van der Waals surface area contributed by atoms with Crippen molar-refractivity contribution in [2.24, 2.45) is 0 Å². The fourth-order valence-electron chi connectivity index (χ4n) is 6.90. The van der Waals surface area contributed by atoms with Crippen LogP contribution < -0.4 is 21.1 Å². The van der Waals surface area contributed by atoms with Crippen LogP contribution in [0.5, 0.6) is 0 Å². The van der Waals surface area contributed by atoms with Crippen molar-refractivity contribution < 1.29 is 4.79 Å². The molecule has 3 nitrogen and oxygen atoms in total. The molecule has 0 atom stereocenters. The van der Waals surface area contributed by atoms with Crippen molar-refractivity contribution in [2.45, 2.75) is 39.5 Å². The van der Waals surface area contributed by atoms with Gasteiger partial charge >= 0.3 is 0 Å². The summed E-state index contributed by atoms with van der Waals surface area (Å²) in [6.07, 6.45) is 14.0. The van der Waals surface area contributed by atoms with Crippen LogP contribution in [0, 0.1) is 24.3 Å². The minimum atomic E-state index is 0. The van der Waals surface area contributed by atoms with Crippen LogP contribution in [-0.4, -0.2) is 5.78 Å². The second-order valence-corrected chi connectivity index (χ2v) is 12.7. The number of carbonyl (C=O) groups is 1. The third kappa shape index (κ3) is 6.62. The predicted octanol–water partition coefficient (Wildman–Crippen LogP) is 9.75. The van der Waals surface area contributed by atoms with Crippen LogP contribution in [0.3, 0.4) is 0 Å². The first-order valence-corrected chi connectivity index (χ1v) is 16.7. The quantitative estimate of drug-likeness (QED) is 0.187. The second kappa shape index (κ2) is 14.5. The van der Waals surface area contributed by atoms with Crippen LogP contribution in [0.1, 0.15) is 51.0 Å². The lowest BCUT2D eigenvalue weighted by molar-refractivity contribution is 0.105. The molecule has 48 heavy (non-hydrogen) atoms. The van der Waals surface area contributed by atoms with Gasteiger partial charge in [0.15, 0.2) is 5.78 Å². The molecule has 2 N–H and O–H groups in total. The average Bonchev–Trinajstić information content (AvgIpc) is 3.35. The highest BCUT2D eigenvalue weighted by Crippen LogP contribution is 2.27. The Morgan fingerprint density at radius 3 is 2.44 bits per heavy atom. The Hall–Kier alpha value is -4.83. The Balaban J connectivity index is 0.000000283. The lowest BCUT2D eigenvalue weighted by atomic mass is 9.83. The van der Waals surface area contributed by atoms with E-state index >= 15 is 0 Å². The molecule has 0 spiro atoms. The van der Waals surface area contributed by atoms with Gasteiger partial charge in [-0.1, -0.05) is 90.5 Å². The number of allylic oxidation sites excluding steroid dienone is 2. The van der Waals surface area contributed by atoms with Gasteiger partial charge in [0, 0.05) is 39.4 Å². The van der Waals surface area contributed by atoms with Crippen molar-refractivity contribution in [3.8, 4) is 0 Å². The van der Waals surface area contributed by atoms with Crippen LogP contribution >= 0.6 is 24.0 Å². The fourth-order valence-corrected chi connectivity index (χ4v) is 7.15. The summed E-state index contributed by atoms with van der Waals surface area (Å²) in [6, 6.07) is 33.0. The topological polar surface area (TPSA) is 41.1 Å². The molecule has 0 amide bonds. The number of nitrogens with one attached hydrogen (secondary N) is 2. The van der Waals surface area contributed by atoms with Gasteiger partial charge in [-0.05, 0) is 131 Å². The Labute approximate surface area is 293 Å². The third-order valence-corrected chi connectivity index (χ3v) is 9.64. The van der Waals surface area contributed by atoms with Crippen molar-refractivity contribution in [2.75, 3.05) is 10.6 Å². The van der Waals surface area contributed by atoms with E-state index in [4.69, 9.17) is 11.6 Å². The summed E-state index contributed by atoms with van der Waals surface area (Å²) in [5.41, 5.74) is 11.1. The lowest BCUT2D eigenvalue weighted by Gasteiger charge is -2.21. The SMILES string of the molecule is C1=CNc2ccccc2C=C1.Cc1ccccc1Nc1ccc(C(=O)C2=c3ccc4c(c3CCC2)CC=c2c(Cl)cccc2=4)c(C)c1.Cl. The number of hydrogen-bond acceptors (Lipinski definition) is 3. The second-order valence-electron chi connectivity index (χ2n) is 12.3. The van der Waals surface area contributed by atoms with E-state index in [1.54, 1.807) is 0 Å². The molecule has 0 saturated heterocycles. The van der Waals surface area contributed by atoms with E-state index in [1.165, 1.54) is 32.7 Å². The zero-order valence-corrected chi connectivity index (χ0v) is 28.7. The first-order valence-electron chi connectivity index (χ1n) is 16.3. The van der Waals surface area contributed by atoms with Gasteiger partial charge in [0.05, 0.1) is 0 Å². The van der Waals surface area contributed by atoms with Gasteiger partial charge in [-0.25, -0.2) is 0 Å². The summed E-state index contributed by atoms with van der Waals surface area (Å²) in [6.45, 7) is 4.12. The van der Waals surface area contributed by atoms with E-state index in [9.17, 15) is 4.79 Å². The number of fused-ring (bicyclic) bond motifs is 5. The number of rotatable bonds is 4. The van der Waals surface area contributed by atoms with E-state index in [0.29, 0.717) is 0 Å². The molecular weight excluding hydrogens is 631 g/mol. The minimum Gasteiger partial charge on any atom is -0.361 e. The Bertz CT molecular complexity index is 2320. The maximum Gasteiger partial charge on any atom is 0.189 e. The van der Waals surface area contributed by atoms with Gasteiger partial charge < -0.3 is 10.6 Å². The van der Waals surface area contributed by atoms with Crippen LogP contribution in [0.25, 0.3) is 17.7 Å². The summed E-state index contributed by atoms with van der Waals surface area (Å²) in [5, 5.41) is 12.2. The Kier molecular flexibility index (Phi) is 10.0. The van der Waals surface area contributed by atoms with Crippen molar-refractivity contribution in [3.05, 3.63) is 175 Å². The van der Waals surface area contributed by atoms with Crippen LogP contribution in [0.15, 0.2) is 115 Å². The number of anilines is 3. The summed E-state index contributed by atoms with van der Waals surface area (Å²) >= 11 is 6.48. The van der Waals surface area contributed by atoms with Gasteiger partial charge in [0.25, 0.3) is 0 Å². The molecule has 5 aromatic rings. The molecule has 5 aromatic carbocycles. The van der Waals surface area contributed by atoms with E-state index in [0.717, 1.165) is 74.9 Å². The molecule has 0 radical (unpaired) electrons. The number of aryl methyl sites for hydroxylation is 2. The van der Waals surface area contributed by atoms with Gasteiger partial charge in [0.2, 0.25) is 0 Å². The average molecular weight is 670 g/mol. The minimum absolute atomic E-state index is 0. The van der Waals surface area contributed by atoms with E-state index in [2.05, 4.69) is 78.2 Å². The maximum absolute atomic E-state index is 13.8. The molecule has 0 bridgehead atoms. The molecule has 1 aliphatic heterocycles. The molecule has 3 aliphatic rings. The highest BCUT2D eigenvalue weighted by molar-refractivity contribution is 6.30. The predicted molar refractivity (Wildman–Crippen MR) is 205 cm³/mol. The molecule has 1 heterocycles. The van der Waals surface area contributed by atoms with Crippen molar-refractivity contribution in [1.82, 2.24) is 0 Å². The summed E-state index contributed by atoms with van der Waals surface area (Å²) in [7, 11) is 0. The maximum atomic E-state index is 13.8. The lowest BCUT2D eigenvalue weighted by Crippen LogP contribution is -2.26. The van der Waals surface area contributed by atoms with Crippen molar-refractivity contribution in [1.29, 1.82) is 0 Å². The van der Waals surface area contributed by atoms with Gasteiger partial charge in [-0.2, -0.15) is 0 Å². The molecule has 5 heteroatoms. The monoisotopic (exact) mass is 668 g/mol. The van der Waals surface area contributed by atoms with Gasteiger partial charge in [-0.15, -0.1) is 12.4 Å². The Morgan fingerprint density at radius 1 is 0.771 bits per heavy atom. The smallest absolute Gasteiger partial charge is 0.189 e. The highest BCUT2D eigenvalue weighted by Gasteiger charge is 2.22. The molecule has 2 aliphatic carbocycles. The molecule has 0 unspecified atom stereocenters. The standard InChI is InChI=1S/C33H28ClNO.C10H9N.ClH/c1-20-7-3-4-12-32(20)35-22-13-14-23(21(2)19-22)33(36)30-10-5-8-24-26-17-18-29-25(9-6-11-31(29)34)27(26)15-16-28(24)30;1-2-7-10-9(5-1)6-3-4-8-11-10;/h3-4,6-7,9,11-16,18-19,35H,5,8,10,17H2,1-2H3;1-8,11H;1H. The number of Topliss-reactive ketones (excluding diaryl/α,β-unsaturated/α-hetero) is 1. The molecule has 0 saturated carbocycles. The largest absolute Gasteiger partial charge is 0.361 e. The molecule has 0 fully saturated rings. The first-order chi connectivity index (χ1) is 23.0. The third-order valence-electron chi connectivity index (χ3n) is 9.32. The van der Waals surface area contributed by atoms with Crippen molar-refractivity contribution in [3.63, 3.8) is 0 Å². The molecule has 8 rings (SSSR count). The van der Waals surface area contributed by atoms with Gasteiger partial charge in [0.1, 0.15) is 0 Å². The number of hydrogen-bond donors (Lipinski definition) is 2. The fraction of sp³-hybridized carbons (Fsp3) is 0.140. The van der Waals surface area contributed by atoms with Gasteiger partial charge in [-0.3, -0.25) is 4.79 Å². The van der Waals surface area contributed by atoms with E-state index in [1.807, 2.05) is 73.8 Å². The van der Waals surface area contributed by atoms with E-state index < -0.39 is 0 Å².